The zero-order valence-electron chi connectivity index (χ0n) is 40.9. The molecule has 0 radical (unpaired) electrons. The molecule has 9 nitrogen and oxygen atoms in total. The number of phenolic OH excluding ortho intramolecular Hbond substituents is 1. The van der Waals surface area contributed by atoms with Crippen LogP contribution in [0.3, 0.4) is 0 Å². The minimum absolute atomic E-state index is 0.0372. The Morgan fingerprint density at radius 1 is 0.954 bits per heavy atom. The Bertz CT molecular complexity index is 2200. The van der Waals surface area contributed by atoms with Gasteiger partial charge in [0.1, 0.15) is 17.6 Å². The Labute approximate surface area is 389 Å². The molecule has 0 amide bonds. The number of aliphatic hydroxyl groups is 2. The lowest BCUT2D eigenvalue weighted by atomic mass is 9.34. The molecule has 9 heteroatoms. The van der Waals surface area contributed by atoms with Crippen LogP contribution >= 0.6 is 0 Å². The molecule has 2 aliphatic heterocycles. The number of fused-ring (bicyclic) bond motifs is 4. The molecule has 9 rings (SSSR count). The zero-order chi connectivity index (χ0) is 46.5. The SMILES string of the molecule is CCCC(CC(O)C1OC1(C)C1CCCC1c1cccc(N)c1)C1=C2CCC3C4(C)CC(c5cc(O)cc(CNC)c5)C(=O)C5(C)CCCCC(C)(O)CNC(CC3(C)C2(C)CC1=O)C54. The van der Waals surface area contributed by atoms with Crippen molar-refractivity contribution in [1.82, 2.24) is 10.6 Å². The number of anilines is 1. The van der Waals surface area contributed by atoms with Gasteiger partial charge in [-0.3, -0.25) is 9.59 Å². The lowest BCUT2D eigenvalue weighted by molar-refractivity contribution is -0.198. The highest BCUT2D eigenvalue weighted by atomic mass is 16.6. The molecule has 65 heavy (non-hydrogen) atoms. The Balaban J connectivity index is 1.06. The molecule has 15 unspecified atom stereocenters. The normalized spacial score (nSPS) is 42.5. The number of nitrogen functional groups attached to an aromatic ring is 1. The number of phenols is 1. The summed E-state index contributed by atoms with van der Waals surface area (Å²) >= 11 is 0. The van der Waals surface area contributed by atoms with E-state index in [1.54, 1.807) is 6.07 Å². The smallest absolute Gasteiger partial charge is 0.160 e. The van der Waals surface area contributed by atoms with Crippen LogP contribution in [0.4, 0.5) is 5.69 Å². The van der Waals surface area contributed by atoms with E-state index in [2.05, 4.69) is 70.4 Å². The van der Waals surface area contributed by atoms with Crippen molar-refractivity contribution in [3.05, 3.63) is 70.3 Å². The summed E-state index contributed by atoms with van der Waals surface area (Å²) in [7, 11) is 1.90. The Kier molecular flexibility index (Phi) is 12.2. The number of carbonyl (C=O) groups excluding carboxylic acids is 2. The van der Waals surface area contributed by atoms with E-state index in [1.165, 1.54) is 11.1 Å². The average molecular weight is 892 g/mol. The minimum Gasteiger partial charge on any atom is -0.508 e. The van der Waals surface area contributed by atoms with Gasteiger partial charge in [-0.15, -0.1) is 0 Å². The Morgan fingerprint density at radius 2 is 1.72 bits per heavy atom. The second kappa shape index (κ2) is 16.9. The number of hydrogen-bond donors (Lipinski definition) is 6. The number of aromatic hydroxyl groups is 1. The fourth-order valence-corrected chi connectivity index (χ4v) is 17.0. The molecule has 4 saturated carbocycles. The predicted octanol–water partition coefficient (Wildman–Crippen LogP) is 9.67. The van der Waals surface area contributed by atoms with Crippen molar-refractivity contribution in [2.24, 2.45) is 45.3 Å². The van der Waals surface area contributed by atoms with E-state index in [0.717, 1.165) is 93.0 Å². The first-order chi connectivity index (χ1) is 30.7. The quantitative estimate of drug-likeness (QED) is 0.0955. The number of β-amino-alcohol motifs (C(OH)–C–C–N with tert-alkyl or cyclic N) is 1. The van der Waals surface area contributed by atoms with Crippen LogP contribution in [0.2, 0.25) is 0 Å². The van der Waals surface area contributed by atoms with Gasteiger partial charge < -0.3 is 36.4 Å². The van der Waals surface area contributed by atoms with Crippen LogP contribution in [0.25, 0.3) is 0 Å². The molecule has 2 aromatic rings. The molecule has 2 aromatic carbocycles. The molecule has 6 fully saturated rings. The molecule has 2 heterocycles. The standard InChI is InChI=1S/C56H81N3O6/c1-9-14-35(27-44(61)50-56(7,65-50)41-18-13-17-39(41)34-15-12-16-37(57)25-34)47-42-19-20-46-53(4)28-40(36-23-33(31-58-8)24-38(60)26-36)49(63)52(3)22-11-10-21-51(2,64)32-59-43(48(52)53)29-55(46,6)54(42,5)30-45(47)62/h12,15-16,23-26,35,39-41,43-44,46,48,50,58-61,64H,9-11,13-14,17-22,27-32,57H2,1-8H3. The van der Waals surface area contributed by atoms with Crippen molar-refractivity contribution in [2.75, 3.05) is 19.3 Å². The number of ether oxygens (including phenoxy) is 1. The second-order valence-corrected chi connectivity index (χ2v) is 24.0. The average Bonchev–Trinajstić information content (AvgIpc) is 3.54. The van der Waals surface area contributed by atoms with E-state index in [9.17, 15) is 15.3 Å². The third-order valence-electron chi connectivity index (χ3n) is 19.9. The van der Waals surface area contributed by atoms with Gasteiger partial charge in [-0.1, -0.05) is 84.1 Å². The third-order valence-corrected chi connectivity index (χ3v) is 19.9. The van der Waals surface area contributed by atoms with Gasteiger partial charge in [0.15, 0.2) is 5.78 Å². The van der Waals surface area contributed by atoms with E-state index >= 15 is 9.59 Å². The van der Waals surface area contributed by atoms with Gasteiger partial charge in [0.05, 0.1) is 17.3 Å². The number of hydrogen-bond acceptors (Lipinski definition) is 9. The largest absolute Gasteiger partial charge is 0.508 e. The maximum atomic E-state index is 15.4. The molecular weight excluding hydrogens is 811 g/mol. The minimum atomic E-state index is -0.865. The number of nitrogens with one attached hydrogen (secondary N) is 2. The summed E-state index contributed by atoms with van der Waals surface area (Å²) in [5, 5.41) is 42.1. The van der Waals surface area contributed by atoms with Crippen molar-refractivity contribution >= 4 is 17.3 Å². The van der Waals surface area contributed by atoms with Crippen LogP contribution in [0.1, 0.15) is 173 Å². The molecule has 15 atom stereocenters. The summed E-state index contributed by atoms with van der Waals surface area (Å²) in [6, 6.07) is 14.0. The first-order valence-corrected chi connectivity index (χ1v) is 25.7. The van der Waals surface area contributed by atoms with E-state index in [1.807, 2.05) is 32.2 Å². The molecule has 7 N–H and O–H groups in total. The third kappa shape index (κ3) is 7.68. The van der Waals surface area contributed by atoms with Crippen molar-refractivity contribution in [1.29, 1.82) is 0 Å². The molecule has 0 aromatic heterocycles. The zero-order valence-corrected chi connectivity index (χ0v) is 40.9. The number of benzene rings is 2. The molecule has 2 saturated heterocycles. The second-order valence-electron chi connectivity index (χ2n) is 24.0. The van der Waals surface area contributed by atoms with Gasteiger partial charge in [-0.05, 0) is 172 Å². The summed E-state index contributed by atoms with van der Waals surface area (Å²) in [6.07, 6.45) is 11.6. The Morgan fingerprint density at radius 3 is 2.46 bits per heavy atom. The van der Waals surface area contributed by atoms with Crippen LogP contribution in [-0.2, 0) is 20.9 Å². The van der Waals surface area contributed by atoms with Crippen molar-refractivity contribution in [3.63, 3.8) is 0 Å². The fraction of sp³-hybridized carbons (Fsp3) is 0.714. The number of carbonyl (C=O) groups is 2. The summed E-state index contributed by atoms with van der Waals surface area (Å²) < 4.78 is 6.60. The Hall–Kier alpha value is -3.08. The predicted molar refractivity (Wildman–Crippen MR) is 257 cm³/mol. The van der Waals surface area contributed by atoms with Crippen LogP contribution in [-0.4, -0.2) is 69.9 Å². The van der Waals surface area contributed by atoms with Crippen LogP contribution in [0, 0.1) is 45.3 Å². The monoisotopic (exact) mass is 892 g/mol. The molecule has 0 spiro atoms. The molecule has 0 bridgehead atoms. The molecular formula is C56H81N3O6. The first kappa shape index (κ1) is 47.0. The fourth-order valence-electron chi connectivity index (χ4n) is 17.0. The lowest BCUT2D eigenvalue weighted by Gasteiger charge is -2.71. The van der Waals surface area contributed by atoms with Crippen LogP contribution in [0.15, 0.2) is 53.6 Å². The van der Waals surface area contributed by atoms with Crippen molar-refractivity contribution in [2.45, 2.75) is 193 Å². The van der Waals surface area contributed by atoms with E-state index in [4.69, 9.17) is 10.5 Å². The van der Waals surface area contributed by atoms with E-state index in [-0.39, 0.29) is 64.0 Å². The highest BCUT2D eigenvalue weighted by Crippen LogP contribution is 2.75. The number of nitrogens with two attached hydrogens (primary N) is 1. The van der Waals surface area contributed by atoms with E-state index in [0.29, 0.717) is 50.6 Å². The number of Topliss-reactive ketones (excluding diaryl/α,β-unsaturated/α-hetero) is 2. The number of aliphatic hydroxyl groups excluding tert-OH is 1. The van der Waals surface area contributed by atoms with Crippen molar-refractivity contribution < 1.29 is 29.6 Å². The van der Waals surface area contributed by atoms with Gasteiger partial charge in [-0.2, -0.15) is 0 Å². The van der Waals surface area contributed by atoms with Crippen molar-refractivity contribution in [3.8, 4) is 5.75 Å². The molecule has 356 valence electrons. The topological polar surface area (TPSA) is 157 Å². The number of ketones is 2. The first-order valence-electron chi connectivity index (χ1n) is 25.7. The highest BCUT2D eigenvalue weighted by molar-refractivity contribution is 6.01. The number of epoxide rings is 1. The molecule has 7 aliphatic rings. The maximum absolute atomic E-state index is 15.4. The van der Waals surface area contributed by atoms with Gasteiger partial charge in [0, 0.05) is 48.0 Å². The summed E-state index contributed by atoms with van der Waals surface area (Å²) in [4.78, 5) is 30.4. The molecule has 5 aliphatic carbocycles. The van der Waals surface area contributed by atoms with Gasteiger partial charge >= 0.3 is 0 Å². The van der Waals surface area contributed by atoms with Gasteiger partial charge in [0.2, 0.25) is 0 Å². The number of rotatable bonds is 11. The lowest BCUT2D eigenvalue weighted by Crippen LogP contribution is -2.70. The van der Waals surface area contributed by atoms with Crippen LogP contribution < -0.4 is 16.4 Å². The number of allylic oxidation sites excluding steroid dienone is 2. The summed E-state index contributed by atoms with van der Waals surface area (Å²) in [5.41, 5.74) is 9.59. The van der Waals surface area contributed by atoms with Gasteiger partial charge in [0.25, 0.3) is 0 Å². The summed E-state index contributed by atoms with van der Waals surface area (Å²) in [6.45, 7) is 17.0. The van der Waals surface area contributed by atoms with Gasteiger partial charge in [-0.25, -0.2) is 0 Å². The maximum Gasteiger partial charge on any atom is 0.160 e. The highest BCUT2D eigenvalue weighted by Gasteiger charge is 2.72. The van der Waals surface area contributed by atoms with E-state index < -0.39 is 28.1 Å². The summed E-state index contributed by atoms with van der Waals surface area (Å²) in [5.74, 6) is 1.25. The van der Waals surface area contributed by atoms with Crippen LogP contribution in [0.5, 0.6) is 5.75 Å².